The molecule has 1 fully saturated rings. The molecule has 0 spiro atoms. The van der Waals surface area contributed by atoms with E-state index in [2.05, 4.69) is 20.3 Å². The van der Waals surface area contributed by atoms with Gasteiger partial charge in [-0.25, -0.2) is 19.7 Å². The highest BCUT2D eigenvalue weighted by atomic mass is 32.2. The summed E-state index contributed by atoms with van der Waals surface area (Å²) in [5.74, 6) is -0.807. The van der Waals surface area contributed by atoms with Gasteiger partial charge < -0.3 is 31.7 Å². The van der Waals surface area contributed by atoms with E-state index in [0.717, 1.165) is 5.56 Å². The van der Waals surface area contributed by atoms with Gasteiger partial charge in [0.05, 0.1) is 18.4 Å². The van der Waals surface area contributed by atoms with Crippen LogP contribution >= 0.6 is 11.8 Å². The number of aliphatic carboxylic acids is 1. The standard InChI is InChI=1S/C20H23N7O5S/c21-11(7-33-6-10-4-2-1-3-5-10)18(29)26-12-14(28)19(32-15(12)20(30)31)27-9-25-13-16(22)23-8-24-17(13)27/h1-5,8-9,11-12,14-15,19,28H,6-7,21H2,(H,26,29)(H,30,31)(H2,22,23,24)/t11?,12-,14+,15-,19+/m0/s1. The van der Waals surface area contributed by atoms with Gasteiger partial charge in [-0.3, -0.25) is 9.36 Å². The Morgan fingerprint density at radius 2 is 2.00 bits per heavy atom. The van der Waals surface area contributed by atoms with Gasteiger partial charge >= 0.3 is 5.97 Å². The van der Waals surface area contributed by atoms with Crippen molar-refractivity contribution in [3.8, 4) is 0 Å². The van der Waals surface area contributed by atoms with Crippen LogP contribution in [-0.4, -0.2) is 71.7 Å². The molecule has 7 N–H and O–H groups in total. The number of thioether (sulfide) groups is 1. The molecule has 13 heteroatoms. The van der Waals surface area contributed by atoms with Crippen LogP contribution in [0.25, 0.3) is 11.2 Å². The van der Waals surface area contributed by atoms with Crippen molar-refractivity contribution in [1.82, 2.24) is 24.8 Å². The Balaban J connectivity index is 1.44. The van der Waals surface area contributed by atoms with Crippen molar-refractivity contribution in [1.29, 1.82) is 0 Å². The lowest BCUT2D eigenvalue weighted by atomic mass is 10.1. The lowest BCUT2D eigenvalue weighted by molar-refractivity contribution is -0.152. The number of anilines is 1. The van der Waals surface area contributed by atoms with Gasteiger partial charge in [0.2, 0.25) is 5.91 Å². The Morgan fingerprint density at radius 1 is 1.24 bits per heavy atom. The number of hydrogen-bond donors (Lipinski definition) is 5. The van der Waals surface area contributed by atoms with Gasteiger partial charge in [-0.05, 0) is 5.56 Å². The Hall–Kier alpha value is -3.26. The van der Waals surface area contributed by atoms with Crippen LogP contribution in [0.15, 0.2) is 43.0 Å². The first-order valence-electron chi connectivity index (χ1n) is 10.0. The molecule has 3 aromatic rings. The van der Waals surface area contributed by atoms with Crippen molar-refractivity contribution >= 4 is 40.6 Å². The van der Waals surface area contributed by atoms with Gasteiger partial charge in [-0.2, -0.15) is 11.8 Å². The highest BCUT2D eigenvalue weighted by Gasteiger charge is 2.49. The van der Waals surface area contributed by atoms with E-state index in [9.17, 15) is 19.8 Å². The molecule has 5 atom stereocenters. The summed E-state index contributed by atoms with van der Waals surface area (Å²) in [5, 5.41) is 23.0. The number of nitrogens with one attached hydrogen (secondary N) is 1. The number of nitrogens with zero attached hydrogens (tertiary/aromatic N) is 4. The summed E-state index contributed by atoms with van der Waals surface area (Å²) in [7, 11) is 0. The second-order valence-corrected chi connectivity index (χ2v) is 8.53. The van der Waals surface area contributed by atoms with Crippen LogP contribution in [0.2, 0.25) is 0 Å². The zero-order valence-electron chi connectivity index (χ0n) is 17.3. The maximum Gasteiger partial charge on any atom is 0.335 e. The molecule has 1 amide bonds. The number of carbonyl (C=O) groups is 2. The van der Waals surface area contributed by atoms with Crippen LogP contribution in [0.4, 0.5) is 5.82 Å². The molecular formula is C20H23N7O5S. The van der Waals surface area contributed by atoms with Gasteiger partial charge in [0, 0.05) is 11.5 Å². The minimum Gasteiger partial charge on any atom is -0.479 e. The molecule has 1 aliphatic rings. The lowest BCUT2D eigenvalue weighted by Crippen LogP contribution is -2.54. The molecule has 0 saturated carbocycles. The quantitative estimate of drug-likeness (QED) is 0.283. The fraction of sp³-hybridized carbons (Fsp3) is 0.350. The van der Waals surface area contributed by atoms with E-state index in [4.69, 9.17) is 16.2 Å². The summed E-state index contributed by atoms with van der Waals surface area (Å²) < 4.78 is 6.93. The van der Waals surface area contributed by atoms with Crippen LogP contribution in [0.1, 0.15) is 11.8 Å². The summed E-state index contributed by atoms with van der Waals surface area (Å²) in [5.41, 5.74) is 13.4. The average molecular weight is 474 g/mol. The SMILES string of the molecule is Nc1ncnc2c1ncn2[C@@H]1O[C@H](C(=O)O)[C@@H](NC(=O)C(N)CSCc2ccccc2)[C@H]1O. The molecule has 0 aliphatic carbocycles. The van der Waals surface area contributed by atoms with Crippen LogP contribution in [-0.2, 0) is 20.1 Å². The van der Waals surface area contributed by atoms with Crippen LogP contribution in [0.3, 0.4) is 0 Å². The number of carboxylic acid groups (broad SMARTS) is 1. The van der Waals surface area contributed by atoms with Gasteiger partial charge in [0.1, 0.15) is 17.9 Å². The average Bonchev–Trinajstić information content (AvgIpc) is 3.37. The second-order valence-electron chi connectivity index (χ2n) is 7.50. The number of hydrogen-bond acceptors (Lipinski definition) is 10. The minimum atomic E-state index is -1.50. The summed E-state index contributed by atoms with van der Waals surface area (Å²) in [4.78, 5) is 36.5. The zero-order valence-corrected chi connectivity index (χ0v) is 18.1. The number of ether oxygens (including phenoxy) is 1. The number of aliphatic hydroxyl groups is 1. The van der Waals surface area contributed by atoms with E-state index < -0.39 is 42.4 Å². The Bertz CT molecular complexity index is 1140. The molecule has 1 unspecified atom stereocenters. The number of carbonyl (C=O) groups excluding carboxylic acids is 1. The number of aromatic nitrogens is 4. The molecule has 2 aromatic heterocycles. The Morgan fingerprint density at radius 3 is 2.73 bits per heavy atom. The van der Waals surface area contributed by atoms with Crippen molar-refractivity contribution in [2.24, 2.45) is 5.73 Å². The van der Waals surface area contributed by atoms with Gasteiger partial charge in [0.25, 0.3) is 0 Å². The van der Waals surface area contributed by atoms with E-state index in [1.165, 1.54) is 29.0 Å². The van der Waals surface area contributed by atoms with E-state index in [0.29, 0.717) is 11.5 Å². The lowest BCUT2D eigenvalue weighted by Gasteiger charge is -2.22. The van der Waals surface area contributed by atoms with Crippen LogP contribution in [0, 0.1) is 0 Å². The predicted molar refractivity (Wildman–Crippen MR) is 120 cm³/mol. The number of imidazole rings is 1. The van der Waals surface area contributed by atoms with Gasteiger partial charge in [-0.1, -0.05) is 30.3 Å². The molecule has 1 saturated heterocycles. The van der Waals surface area contributed by atoms with Crippen molar-refractivity contribution in [2.75, 3.05) is 11.5 Å². The molecule has 3 heterocycles. The van der Waals surface area contributed by atoms with Crippen molar-refractivity contribution in [3.05, 3.63) is 48.5 Å². The number of nitrogen functional groups attached to an aromatic ring is 1. The summed E-state index contributed by atoms with van der Waals surface area (Å²) >= 11 is 1.48. The van der Waals surface area contributed by atoms with E-state index in [-0.39, 0.29) is 17.0 Å². The molecule has 33 heavy (non-hydrogen) atoms. The molecule has 0 radical (unpaired) electrons. The smallest absolute Gasteiger partial charge is 0.335 e. The number of nitrogens with two attached hydrogens (primary N) is 2. The number of benzene rings is 1. The maximum atomic E-state index is 12.6. The Kier molecular flexibility index (Phi) is 6.74. The molecular weight excluding hydrogens is 450 g/mol. The van der Waals surface area contributed by atoms with E-state index >= 15 is 0 Å². The summed E-state index contributed by atoms with van der Waals surface area (Å²) in [6, 6.07) is 7.58. The molecule has 1 aromatic carbocycles. The number of aliphatic hydroxyl groups excluding tert-OH is 1. The zero-order chi connectivity index (χ0) is 23.5. The fourth-order valence-corrected chi connectivity index (χ4v) is 4.51. The van der Waals surface area contributed by atoms with Crippen LogP contribution in [0.5, 0.6) is 0 Å². The molecule has 12 nitrogen and oxygen atoms in total. The van der Waals surface area contributed by atoms with Gasteiger partial charge in [0.15, 0.2) is 23.8 Å². The van der Waals surface area contributed by atoms with Crippen molar-refractivity contribution < 1.29 is 24.5 Å². The first-order valence-corrected chi connectivity index (χ1v) is 11.2. The summed E-state index contributed by atoms with van der Waals surface area (Å²) in [6.07, 6.45) is -1.54. The normalized spacial score (nSPS) is 23.5. The summed E-state index contributed by atoms with van der Waals surface area (Å²) in [6.45, 7) is 0. The van der Waals surface area contributed by atoms with E-state index in [1.54, 1.807) is 0 Å². The number of amides is 1. The second kappa shape index (κ2) is 9.70. The molecule has 174 valence electrons. The highest BCUT2D eigenvalue weighted by Crippen LogP contribution is 2.32. The molecule has 0 bridgehead atoms. The predicted octanol–water partition coefficient (Wildman–Crippen LogP) is -0.503. The topological polar surface area (TPSA) is 192 Å². The number of rotatable bonds is 8. The Labute approximate surface area is 192 Å². The first-order chi connectivity index (χ1) is 15.9. The third-order valence-corrected chi connectivity index (χ3v) is 6.36. The third kappa shape index (κ3) is 4.75. The third-order valence-electron chi connectivity index (χ3n) is 5.23. The highest BCUT2D eigenvalue weighted by molar-refractivity contribution is 7.98. The monoisotopic (exact) mass is 473 g/mol. The largest absolute Gasteiger partial charge is 0.479 e. The first kappa shape index (κ1) is 22.9. The fourth-order valence-electron chi connectivity index (χ4n) is 3.56. The van der Waals surface area contributed by atoms with Crippen LogP contribution < -0.4 is 16.8 Å². The molecule has 1 aliphatic heterocycles. The molecule has 4 rings (SSSR count). The maximum absolute atomic E-state index is 12.6. The number of fused-ring (bicyclic) bond motifs is 1. The number of carboxylic acids is 1. The van der Waals surface area contributed by atoms with Crippen molar-refractivity contribution in [3.63, 3.8) is 0 Å². The minimum absolute atomic E-state index is 0.129. The van der Waals surface area contributed by atoms with E-state index in [1.807, 2.05) is 30.3 Å². The van der Waals surface area contributed by atoms with Crippen molar-refractivity contribution in [2.45, 2.75) is 36.3 Å². The van der Waals surface area contributed by atoms with Gasteiger partial charge in [-0.15, -0.1) is 0 Å².